The maximum Gasteiger partial charge on any atom is 0.132 e. The average molecular weight is 258 g/mol. The van der Waals surface area contributed by atoms with Crippen molar-refractivity contribution in [1.29, 1.82) is 5.41 Å². The molecule has 0 spiro atoms. The van der Waals surface area contributed by atoms with Crippen molar-refractivity contribution in [2.24, 2.45) is 0 Å². The highest BCUT2D eigenvalue weighted by atomic mass is 79.9. The minimum absolute atomic E-state index is 0.311. The smallest absolute Gasteiger partial charge is 0.132 e. The molecule has 1 aromatic rings. The maximum absolute atomic E-state index is 13.3. The molecule has 0 bridgehead atoms. The second-order valence-electron chi connectivity index (χ2n) is 3.21. The van der Waals surface area contributed by atoms with E-state index >= 15 is 0 Å². The van der Waals surface area contributed by atoms with Crippen LogP contribution in [-0.4, -0.2) is 5.71 Å². The molecule has 0 radical (unpaired) electrons. The molecule has 0 unspecified atom stereocenters. The Kier molecular flexibility index (Phi) is 4.26. The second-order valence-corrected chi connectivity index (χ2v) is 4.12. The van der Waals surface area contributed by atoms with Crippen LogP contribution in [0.25, 0.3) is 0 Å². The normalized spacial score (nSPS) is 10.2. The standard InChI is InChI=1S/C11H13BrFN/c1-2-3-4-11(14)9-7-8(12)5-6-10(9)13/h5-7,14H,2-4H2,1H3. The number of benzene rings is 1. The van der Waals surface area contributed by atoms with Gasteiger partial charge in [-0.1, -0.05) is 29.3 Å². The molecule has 3 heteroatoms. The highest BCUT2D eigenvalue weighted by Gasteiger charge is 2.07. The number of hydrogen-bond acceptors (Lipinski definition) is 1. The lowest BCUT2D eigenvalue weighted by Gasteiger charge is -2.05. The first-order valence-corrected chi connectivity index (χ1v) is 5.47. The van der Waals surface area contributed by atoms with Gasteiger partial charge in [-0.05, 0) is 31.0 Å². The molecule has 0 aromatic heterocycles. The Bertz CT molecular complexity index is 336. The van der Waals surface area contributed by atoms with Crippen molar-refractivity contribution in [3.05, 3.63) is 34.1 Å². The van der Waals surface area contributed by atoms with Crippen LogP contribution in [0.2, 0.25) is 0 Å². The van der Waals surface area contributed by atoms with Gasteiger partial charge >= 0.3 is 0 Å². The van der Waals surface area contributed by atoms with E-state index in [9.17, 15) is 4.39 Å². The van der Waals surface area contributed by atoms with Crippen LogP contribution in [0.5, 0.6) is 0 Å². The monoisotopic (exact) mass is 257 g/mol. The zero-order valence-corrected chi connectivity index (χ0v) is 9.70. The Labute approximate surface area is 92.0 Å². The molecular formula is C11H13BrFN. The van der Waals surface area contributed by atoms with E-state index in [-0.39, 0.29) is 5.82 Å². The van der Waals surface area contributed by atoms with Crippen LogP contribution in [0.3, 0.4) is 0 Å². The Hall–Kier alpha value is -0.700. The molecule has 0 aliphatic rings. The van der Waals surface area contributed by atoms with Gasteiger partial charge in [0.15, 0.2) is 0 Å². The summed E-state index contributed by atoms with van der Waals surface area (Å²) in [6.45, 7) is 2.06. The van der Waals surface area contributed by atoms with Gasteiger partial charge in [-0.15, -0.1) is 0 Å². The van der Waals surface area contributed by atoms with E-state index < -0.39 is 0 Å². The zero-order valence-electron chi connectivity index (χ0n) is 8.11. The quantitative estimate of drug-likeness (QED) is 0.784. The second kappa shape index (κ2) is 5.25. The Morgan fingerprint density at radius 2 is 2.21 bits per heavy atom. The van der Waals surface area contributed by atoms with E-state index in [1.807, 2.05) is 0 Å². The van der Waals surface area contributed by atoms with E-state index in [2.05, 4.69) is 22.9 Å². The summed E-state index contributed by atoms with van der Waals surface area (Å²) in [6.07, 6.45) is 2.60. The Balaban J connectivity index is 2.83. The molecule has 0 atom stereocenters. The lowest BCUT2D eigenvalue weighted by atomic mass is 10.0. The third-order valence-electron chi connectivity index (χ3n) is 2.03. The molecule has 14 heavy (non-hydrogen) atoms. The number of unbranched alkanes of at least 4 members (excludes halogenated alkanes) is 1. The number of hydrogen-bond donors (Lipinski definition) is 1. The molecule has 0 saturated heterocycles. The summed E-state index contributed by atoms with van der Waals surface area (Å²) in [5.74, 6) is -0.311. The van der Waals surface area contributed by atoms with Gasteiger partial charge in [-0.2, -0.15) is 0 Å². The molecule has 76 valence electrons. The van der Waals surface area contributed by atoms with Gasteiger partial charge in [0.1, 0.15) is 5.82 Å². The lowest BCUT2D eigenvalue weighted by Crippen LogP contribution is -2.02. The first-order valence-electron chi connectivity index (χ1n) is 4.68. The Morgan fingerprint density at radius 1 is 1.50 bits per heavy atom. The fourth-order valence-electron chi connectivity index (χ4n) is 1.22. The van der Waals surface area contributed by atoms with Crippen molar-refractivity contribution >= 4 is 21.6 Å². The van der Waals surface area contributed by atoms with E-state index in [0.717, 1.165) is 17.3 Å². The highest BCUT2D eigenvalue weighted by Crippen LogP contribution is 2.17. The largest absolute Gasteiger partial charge is 0.305 e. The van der Waals surface area contributed by atoms with Crippen LogP contribution < -0.4 is 0 Å². The third kappa shape index (κ3) is 2.91. The predicted octanol–water partition coefficient (Wildman–Crippen LogP) is 4.15. The molecule has 1 N–H and O–H groups in total. The van der Waals surface area contributed by atoms with Crippen LogP contribution in [0, 0.1) is 11.2 Å². The van der Waals surface area contributed by atoms with Crippen molar-refractivity contribution in [2.45, 2.75) is 26.2 Å². The van der Waals surface area contributed by atoms with Gasteiger partial charge in [0.2, 0.25) is 0 Å². The Morgan fingerprint density at radius 3 is 2.86 bits per heavy atom. The number of halogens is 2. The van der Waals surface area contributed by atoms with Crippen molar-refractivity contribution in [3.8, 4) is 0 Å². The molecule has 0 heterocycles. The van der Waals surface area contributed by atoms with Crippen molar-refractivity contribution in [2.75, 3.05) is 0 Å². The van der Waals surface area contributed by atoms with Crippen LogP contribution >= 0.6 is 15.9 Å². The maximum atomic E-state index is 13.3. The van der Waals surface area contributed by atoms with Gasteiger partial charge in [0, 0.05) is 15.7 Å². The SMILES string of the molecule is CCCCC(=N)c1cc(Br)ccc1F. The minimum atomic E-state index is -0.311. The topological polar surface area (TPSA) is 23.9 Å². The summed E-state index contributed by atoms with van der Waals surface area (Å²) in [5.41, 5.74) is 0.790. The molecule has 0 fully saturated rings. The predicted molar refractivity (Wildman–Crippen MR) is 60.5 cm³/mol. The van der Waals surface area contributed by atoms with Gasteiger partial charge in [-0.25, -0.2) is 4.39 Å². The molecule has 0 saturated carbocycles. The summed E-state index contributed by atoms with van der Waals surface area (Å²) in [7, 11) is 0. The van der Waals surface area contributed by atoms with Crippen molar-refractivity contribution < 1.29 is 4.39 Å². The van der Waals surface area contributed by atoms with Crippen molar-refractivity contribution in [1.82, 2.24) is 0 Å². The van der Waals surface area contributed by atoms with E-state index in [4.69, 9.17) is 5.41 Å². The lowest BCUT2D eigenvalue weighted by molar-refractivity contribution is 0.623. The number of rotatable bonds is 4. The van der Waals surface area contributed by atoms with Gasteiger partial charge in [0.25, 0.3) is 0 Å². The first-order chi connectivity index (χ1) is 6.65. The zero-order chi connectivity index (χ0) is 10.6. The van der Waals surface area contributed by atoms with Gasteiger partial charge in [-0.3, -0.25) is 0 Å². The summed E-state index contributed by atoms with van der Waals surface area (Å²) in [5, 5.41) is 7.71. The average Bonchev–Trinajstić information content (AvgIpc) is 2.18. The fraction of sp³-hybridized carbons (Fsp3) is 0.364. The molecule has 1 aromatic carbocycles. The summed E-state index contributed by atoms with van der Waals surface area (Å²) < 4.78 is 14.1. The van der Waals surface area contributed by atoms with Crippen LogP contribution in [-0.2, 0) is 0 Å². The van der Waals surface area contributed by atoms with E-state index in [1.165, 1.54) is 6.07 Å². The molecular weight excluding hydrogens is 245 g/mol. The summed E-state index contributed by atoms with van der Waals surface area (Å²) >= 11 is 3.27. The van der Waals surface area contributed by atoms with Gasteiger partial charge in [0.05, 0.1) is 0 Å². The minimum Gasteiger partial charge on any atom is -0.305 e. The van der Waals surface area contributed by atoms with Crippen LogP contribution in [0.4, 0.5) is 4.39 Å². The molecule has 0 aliphatic carbocycles. The van der Waals surface area contributed by atoms with Crippen molar-refractivity contribution in [3.63, 3.8) is 0 Å². The highest BCUT2D eigenvalue weighted by molar-refractivity contribution is 9.10. The van der Waals surface area contributed by atoms with Crippen LogP contribution in [0.15, 0.2) is 22.7 Å². The van der Waals surface area contributed by atoms with E-state index in [1.54, 1.807) is 12.1 Å². The van der Waals surface area contributed by atoms with E-state index in [0.29, 0.717) is 17.7 Å². The fourth-order valence-corrected chi connectivity index (χ4v) is 1.58. The summed E-state index contributed by atoms with van der Waals surface area (Å²) in [6, 6.07) is 4.69. The third-order valence-corrected chi connectivity index (χ3v) is 2.53. The molecule has 1 rings (SSSR count). The molecule has 0 amide bonds. The molecule has 0 aliphatic heterocycles. The summed E-state index contributed by atoms with van der Waals surface area (Å²) in [4.78, 5) is 0. The molecule has 1 nitrogen and oxygen atoms in total. The number of nitrogens with one attached hydrogen (secondary N) is 1. The first kappa shape index (κ1) is 11.4. The van der Waals surface area contributed by atoms with Crippen LogP contribution in [0.1, 0.15) is 31.7 Å². The van der Waals surface area contributed by atoms with Gasteiger partial charge < -0.3 is 5.41 Å².